The van der Waals surface area contributed by atoms with Crippen molar-refractivity contribution in [1.29, 1.82) is 0 Å². The minimum atomic E-state index is -0.230. The van der Waals surface area contributed by atoms with Gasteiger partial charge in [0.15, 0.2) is 5.65 Å². The summed E-state index contributed by atoms with van der Waals surface area (Å²) < 4.78 is 3.43. The average Bonchev–Trinajstić information content (AvgIpc) is 3.22. The zero-order valence-corrected chi connectivity index (χ0v) is 14.8. The molecule has 3 aromatic heterocycles. The van der Waals surface area contributed by atoms with E-state index in [2.05, 4.69) is 20.5 Å². The highest BCUT2D eigenvalue weighted by atomic mass is 16.1. The van der Waals surface area contributed by atoms with Gasteiger partial charge in [-0.25, -0.2) is 9.50 Å². The van der Waals surface area contributed by atoms with Crippen molar-refractivity contribution in [3.63, 3.8) is 0 Å². The lowest BCUT2D eigenvalue weighted by Crippen LogP contribution is -2.12. The number of amides is 1. The van der Waals surface area contributed by atoms with Crippen LogP contribution in [0.2, 0.25) is 0 Å². The van der Waals surface area contributed by atoms with Gasteiger partial charge >= 0.3 is 0 Å². The number of aryl methyl sites for hydroxylation is 3. The second kappa shape index (κ2) is 6.11. The van der Waals surface area contributed by atoms with Crippen molar-refractivity contribution < 1.29 is 4.79 Å². The summed E-state index contributed by atoms with van der Waals surface area (Å²) in [4.78, 5) is 17.1. The molecule has 0 bridgehead atoms. The van der Waals surface area contributed by atoms with E-state index in [1.165, 1.54) is 0 Å². The number of benzene rings is 1. The van der Waals surface area contributed by atoms with Gasteiger partial charge < -0.3 is 5.32 Å². The molecule has 0 aliphatic rings. The molecule has 0 aliphatic carbocycles. The van der Waals surface area contributed by atoms with E-state index in [0.29, 0.717) is 16.9 Å². The lowest BCUT2D eigenvalue weighted by molar-refractivity contribution is 0.102. The van der Waals surface area contributed by atoms with Crippen LogP contribution in [-0.2, 0) is 7.05 Å². The van der Waals surface area contributed by atoms with Crippen molar-refractivity contribution in [3.05, 3.63) is 65.9 Å². The Morgan fingerprint density at radius 1 is 1.04 bits per heavy atom. The van der Waals surface area contributed by atoms with Crippen LogP contribution in [0.25, 0.3) is 16.8 Å². The standard InChI is InChI=1S/C19H18N6O/c1-12-8-13(2)25-18(22-12)17(10-21-25)19(26)23-16-6-4-14(5-7-16)15-9-20-24(3)11-15/h4-11H,1-3H3,(H,23,26). The quantitative estimate of drug-likeness (QED) is 0.619. The van der Waals surface area contributed by atoms with Crippen LogP contribution >= 0.6 is 0 Å². The number of carbonyl (C=O) groups is 1. The summed E-state index contributed by atoms with van der Waals surface area (Å²) in [7, 11) is 1.88. The Labute approximate surface area is 150 Å². The van der Waals surface area contributed by atoms with Gasteiger partial charge in [-0.15, -0.1) is 0 Å². The summed E-state index contributed by atoms with van der Waals surface area (Å²) in [6.45, 7) is 3.84. The normalized spacial score (nSPS) is 11.0. The molecule has 0 saturated carbocycles. The van der Waals surface area contributed by atoms with Crippen molar-refractivity contribution in [2.75, 3.05) is 5.32 Å². The molecule has 0 spiro atoms. The number of carbonyl (C=O) groups excluding carboxylic acids is 1. The fourth-order valence-electron chi connectivity index (χ4n) is 2.95. The Balaban J connectivity index is 1.59. The van der Waals surface area contributed by atoms with Crippen LogP contribution in [0.1, 0.15) is 21.7 Å². The zero-order valence-electron chi connectivity index (χ0n) is 14.8. The molecule has 0 saturated heterocycles. The van der Waals surface area contributed by atoms with Crippen LogP contribution in [-0.4, -0.2) is 30.3 Å². The van der Waals surface area contributed by atoms with Crippen LogP contribution < -0.4 is 5.32 Å². The molecule has 130 valence electrons. The van der Waals surface area contributed by atoms with Gasteiger partial charge in [0.25, 0.3) is 5.91 Å². The highest BCUT2D eigenvalue weighted by molar-refractivity contribution is 6.08. The van der Waals surface area contributed by atoms with E-state index in [0.717, 1.165) is 22.5 Å². The summed E-state index contributed by atoms with van der Waals surface area (Å²) in [6, 6.07) is 9.58. The number of anilines is 1. The first-order valence-electron chi connectivity index (χ1n) is 8.24. The van der Waals surface area contributed by atoms with Crippen LogP contribution in [0.3, 0.4) is 0 Å². The monoisotopic (exact) mass is 346 g/mol. The molecular formula is C19H18N6O. The van der Waals surface area contributed by atoms with Gasteiger partial charge in [-0.3, -0.25) is 9.48 Å². The van der Waals surface area contributed by atoms with E-state index >= 15 is 0 Å². The molecule has 0 fully saturated rings. The molecular weight excluding hydrogens is 328 g/mol. The Kier molecular flexibility index (Phi) is 3.76. The fraction of sp³-hybridized carbons (Fsp3) is 0.158. The van der Waals surface area contributed by atoms with E-state index < -0.39 is 0 Å². The van der Waals surface area contributed by atoms with Crippen molar-refractivity contribution in [2.24, 2.45) is 7.05 Å². The van der Waals surface area contributed by atoms with E-state index in [-0.39, 0.29) is 5.91 Å². The minimum Gasteiger partial charge on any atom is -0.322 e. The highest BCUT2D eigenvalue weighted by Crippen LogP contribution is 2.21. The summed E-state index contributed by atoms with van der Waals surface area (Å²) in [5, 5.41) is 11.3. The van der Waals surface area contributed by atoms with E-state index in [1.807, 2.05) is 63.6 Å². The van der Waals surface area contributed by atoms with E-state index in [4.69, 9.17) is 0 Å². The van der Waals surface area contributed by atoms with Crippen LogP contribution in [0, 0.1) is 13.8 Å². The van der Waals surface area contributed by atoms with Crippen molar-refractivity contribution >= 4 is 17.2 Å². The molecule has 0 aliphatic heterocycles. The number of hydrogen-bond acceptors (Lipinski definition) is 4. The predicted octanol–water partition coefficient (Wildman–Crippen LogP) is 3.00. The van der Waals surface area contributed by atoms with E-state index in [1.54, 1.807) is 15.4 Å². The first-order valence-corrected chi connectivity index (χ1v) is 8.24. The molecule has 4 rings (SSSR count). The molecule has 0 radical (unpaired) electrons. The molecule has 1 amide bonds. The smallest absolute Gasteiger partial charge is 0.261 e. The molecule has 1 aromatic carbocycles. The highest BCUT2D eigenvalue weighted by Gasteiger charge is 2.15. The Hall–Kier alpha value is -3.48. The van der Waals surface area contributed by atoms with Gasteiger partial charge in [-0.05, 0) is 37.6 Å². The summed E-state index contributed by atoms with van der Waals surface area (Å²) in [6.07, 6.45) is 5.31. The third-order valence-corrected chi connectivity index (χ3v) is 4.20. The van der Waals surface area contributed by atoms with E-state index in [9.17, 15) is 4.79 Å². The average molecular weight is 346 g/mol. The van der Waals surface area contributed by atoms with Crippen molar-refractivity contribution in [1.82, 2.24) is 24.4 Å². The molecule has 0 unspecified atom stereocenters. The van der Waals surface area contributed by atoms with Crippen molar-refractivity contribution in [3.8, 4) is 11.1 Å². The molecule has 3 heterocycles. The summed E-state index contributed by atoms with van der Waals surface area (Å²) in [5.41, 5.74) is 5.59. The molecule has 7 nitrogen and oxygen atoms in total. The third-order valence-electron chi connectivity index (χ3n) is 4.20. The van der Waals surface area contributed by atoms with Gasteiger partial charge in [0.1, 0.15) is 5.56 Å². The largest absolute Gasteiger partial charge is 0.322 e. The lowest BCUT2D eigenvalue weighted by atomic mass is 10.1. The topological polar surface area (TPSA) is 77.1 Å². The van der Waals surface area contributed by atoms with Gasteiger partial charge in [0.2, 0.25) is 0 Å². The predicted molar refractivity (Wildman–Crippen MR) is 99.1 cm³/mol. The zero-order chi connectivity index (χ0) is 18.3. The number of nitrogens with one attached hydrogen (secondary N) is 1. The summed E-state index contributed by atoms with van der Waals surface area (Å²) >= 11 is 0. The third kappa shape index (κ3) is 2.83. The number of fused-ring (bicyclic) bond motifs is 1. The first kappa shape index (κ1) is 16.0. The molecule has 4 aromatic rings. The molecule has 7 heteroatoms. The second-order valence-electron chi connectivity index (χ2n) is 6.27. The lowest BCUT2D eigenvalue weighted by Gasteiger charge is -2.06. The molecule has 26 heavy (non-hydrogen) atoms. The number of hydrogen-bond donors (Lipinski definition) is 1. The van der Waals surface area contributed by atoms with Gasteiger partial charge in [0, 0.05) is 35.9 Å². The molecule has 0 atom stereocenters. The van der Waals surface area contributed by atoms with Crippen molar-refractivity contribution in [2.45, 2.75) is 13.8 Å². The van der Waals surface area contributed by atoms with Gasteiger partial charge in [0.05, 0.1) is 12.4 Å². The number of nitrogens with zero attached hydrogens (tertiary/aromatic N) is 5. The minimum absolute atomic E-state index is 0.230. The van der Waals surface area contributed by atoms with Gasteiger partial charge in [-0.1, -0.05) is 12.1 Å². The Bertz CT molecular complexity index is 1110. The molecule has 1 N–H and O–H groups in total. The maximum Gasteiger partial charge on any atom is 0.261 e. The van der Waals surface area contributed by atoms with Crippen LogP contribution in [0.5, 0.6) is 0 Å². The Morgan fingerprint density at radius 3 is 2.50 bits per heavy atom. The Morgan fingerprint density at radius 2 is 1.81 bits per heavy atom. The SMILES string of the molecule is Cc1cc(C)n2ncc(C(=O)Nc3ccc(-c4cnn(C)c4)cc3)c2n1. The number of aromatic nitrogens is 5. The van der Waals surface area contributed by atoms with Crippen LogP contribution in [0.4, 0.5) is 5.69 Å². The second-order valence-corrected chi connectivity index (χ2v) is 6.27. The number of rotatable bonds is 3. The van der Waals surface area contributed by atoms with Gasteiger partial charge in [-0.2, -0.15) is 10.2 Å². The maximum absolute atomic E-state index is 12.7. The maximum atomic E-state index is 12.7. The first-order chi connectivity index (χ1) is 12.5. The fourth-order valence-corrected chi connectivity index (χ4v) is 2.95. The summed E-state index contributed by atoms with van der Waals surface area (Å²) in [5.74, 6) is -0.230. The van der Waals surface area contributed by atoms with Crippen LogP contribution in [0.15, 0.2) is 48.9 Å².